The van der Waals surface area contributed by atoms with Crippen LogP contribution in [0.25, 0.3) is 0 Å². The molecule has 0 aromatic carbocycles. The molecule has 0 unspecified atom stereocenters. The van der Waals surface area contributed by atoms with Crippen LogP contribution in [0.15, 0.2) is 12.7 Å². The third-order valence-electron chi connectivity index (χ3n) is 2.52. The van der Waals surface area contributed by atoms with E-state index in [2.05, 4.69) is 11.9 Å². The zero-order valence-electron chi connectivity index (χ0n) is 9.31. The molecule has 1 fully saturated rings. The number of rotatable bonds is 4. The lowest BCUT2D eigenvalue weighted by Crippen LogP contribution is -2.38. The average molecular weight is 247 g/mol. The van der Waals surface area contributed by atoms with Gasteiger partial charge in [-0.1, -0.05) is 6.58 Å². The summed E-state index contributed by atoms with van der Waals surface area (Å²) in [6, 6.07) is 0.102. The Bertz CT molecular complexity index is 355. The first-order valence-corrected chi connectivity index (χ1v) is 7.03. The second-order valence-corrected chi connectivity index (χ2v) is 5.59. The molecule has 0 heterocycles. The van der Waals surface area contributed by atoms with Gasteiger partial charge in [0.1, 0.15) is 0 Å². The summed E-state index contributed by atoms with van der Waals surface area (Å²) in [5.74, 6) is -0.188. The van der Waals surface area contributed by atoms with Gasteiger partial charge < -0.3 is 5.32 Å². The molecule has 1 aliphatic carbocycles. The molecule has 1 amide bonds. The minimum absolute atomic E-state index is 0.102. The van der Waals surface area contributed by atoms with E-state index in [0.717, 1.165) is 19.1 Å². The molecule has 6 heteroatoms. The fourth-order valence-electron chi connectivity index (χ4n) is 1.81. The summed E-state index contributed by atoms with van der Waals surface area (Å²) in [4.78, 5) is 11.0. The van der Waals surface area contributed by atoms with Crippen LogP contribution in [0.5, 0.6) is 0 Å². The van der Waals surface area contributed by atoms with Crippen LogP contribution < -0.4 is 5.32 Å². The molecular weight excluding hydrogens is 230 g/mol. The van der Waals surface area contributed by atoms with E-state index in [4.69, 9.17) is 4.18 Å². The lowest BCUT2D eigenvalue weighted by Gasteiger charge is -2.27. The van der Waals surface area contributed by atoms with E-state index in [0.29, 0.717) is 12.8 Å². The lowest BCUT2D eigenvalue weighted by atomic mass is 9.93. The van der Waals surface area contributed by atoms with Gasteiger partial charge in [0.2, 0.25) is 5.91 Å². The maximum atomic E-state index is 11.0. The standard InChI is InChI=1S/C10H17NO4S/c1-3-10(12)11-8-4-6-9(7-5-8)15-16(2,13)14/h3,8-9H,1,4-7H2,2H3,(H,11,12). The van der Waals surface area contributed by atoms with Crippen molar-refractivity contribution in [3.8, 4) is 0 Å². The molecule has 0 atom stereocenters. The van der Waals surface area contributed by atoms with Crippen LogP contribution in [0.2, 0.25) is 0 Å². The average Bonchev–Trinajstić information content (AvgIpc) is 2.18. The molecule has 0 aromatic rings. The van der Waals surface area contributed by atoms with Gasteiger partial charge >= 0.3 is 0 Å². The zero-order chi connectivity index (χ0) is 12.2. The topological polar surface area (TPSA) is 72.5 Å². The van der Waals surface area contributed by atoms with Gasteiger partial charge in [0.05, 0.1) is 12.4 Å². The SMILES string of the molecule is C=CC(=O)NC1CCC(OS(C)(=O)=O)CC1. The number of hydrogen-bond acceptors (Lipinski definition) is 4. The summed E-state index contributed by atoms with van der Waals surface area (Å²) < 4.78 is 26.7. The van der Waals surface area contributed by atoms with Crippen molar-refractivity contribution in [2.45, 2.75) is 37.8 Å². The molecule has 0 saturated heterocycles. The molecule has 1 saturated carbocycles. The van der Waals surface area contributed by atoms with Crippen molar-refractivity contribution in [1.82, 2.24) is 5.32 Å². The van der Waals surface area contributed by atoms with E-state index < -0.39 is 10.1 Å². The summed E-state index contributed by atoms with van der Waals surface area (Å²) >= 11 is 0. The third kappa shape index (κ3) is 4.76. The molecule has 1 aliphatic rings. The normalized spacial score (nSPS) is 26.1. The monoisotopic (exact) mass is 247 g/mol. The largest absolute Gasteiger partial charge is 0.350 e. The van der Waals surface area contributed by atoms with Gasteiger partial charge in [0.25, 0.3) is 10.1 Å². The maximum absolute atomic E-state index is 11.0. The molecule has 0 bridgehead atoms. The minimum Gasteiger partial charge on any atom is -0.350 e. The summed E-state index contributed by atoms with van der Waals surface area (Å²) in [5.41, 5.74) is 0. The predicted octanol–water partition coefficient (Wildman–Crippen LogP) is 0.576. The second-order valence-electron chi connectivity index (χ2n) is 3.99. The van der Waals surface area contributed by atoms with Gasteiger partial charge in [-0.05, 0) is 31.8 Å². The summed E-state index contributed by atoms with van der Waals surface area (Å²) in [7, 11) is -3.37. The van der Waals surface area contributed by atoms with Crippen molar-refractivity contribution in [2.24, 2.45) is 0 Å². The molecule has 92 valence electrons. The van der Waals surface area contributed by atoms with Crippen molar-refractivity contribution < 1.29 is 17.4 Å². The fourth-order valence-corrected chi connectivity index (χ4v) is 2.50. The van der Waals surface area contributed by atoms with Gasteiger partial charge in [-0.2, -0.15) is 8.42 Å². The molecule has 5 nitrogen and oxygen atoms in total. The maximum Gasteiger partial charge on any atom is 0.264 e. The molecular formula is C10H17NO4S. The Morgan fingerprint density at radius 2 is 1.94 bits per heavy atom. The number of hydrogen-bond donors (Lipinski definition) is 1. The van der Waals surface area contributed by atoms with Crippen molar-refractivity contribution in [3.05, 3.63) is 12.7 Å². The van der Waals surface area contributed by atoms with Crippen LogP contribution in [-0.4, -0.2) is 32.7 Å². The fraction of sp³-hybridized carbons (Fsp3) is 0.700. The van der Waals surface area contributed by atoms with Crippen LogP contribution in [0.3, 0.4) is 0 Å². The number of carbonyl (C=O) groups excluding carboxylic acids is 1. The highest BCUT2D eigenvalue weighted by Gasteiger charge is 2.24. The van der Waals surface area contributed by atoms with Crippen molar-refractivity contribution >= 4 is 16.0 Å². The lowest BCUT2D eigenvalue weighted by molar-refractivity contribution is -0.117. The zero-order valence-corrected chi connectivity index (χ0v) is 10.1. The molecule has 0 spiro atoms. The first-order valence-electron chi connectivity index (χ1n) is 5.22. The van der Waals surface area contributed by atoms with Crippen molar-refractivity contribution in [2.75, 3.05) is 6.26 Å². The Labute approximate surface area is 96.0 Å². The van der Waals surface area contributed by atoms with Crippen LogP contribution in [0.4, 0.5) is 0 Å². The first kappa shape index (κ1) is 13.2. The summed E-state index contributed by atoms with van der Waals surface area (Å²) in [5, 5.41) is 2.79. The molecule has 1 N–H and O–H groups in total. The van der Waals surface area contributed by atoms with Crippen LogP contribution in [0.1, 0.15) is 25.7 Å². The van der Waals surface area contributed by atoms with Gasteiger partial charge in [-0.15, -0.1) is 0 Å². The first-order chi connectivity index (χ1) is 7.40. The molecule has 1 rings (SSSR count). The summed E-state index contributed by atoms with van der Waals surface area (Å²) in [6.45, 7) is 3.37. The Balaban J connectivity index is 2.34. The number of amides is 1. The van der Waals surface area contributed by atoms with Gasteiger partial charge in [0, 0.05) is 6.04 Å². The van der Waals surface area contributed by atoms with Gasteiger partial charge in [0.15, 0.2) is 0 Å². The quantitative estimate of drug-likeness (QED) is 0.582. The van der Waals surface area contributed by atoms with E-state index in [1.165, 1.54) is 6.08 Å². The van der Waals surface area contributed by atoms with E-state index in [9.17, 15) is 13.2 Å². The predicted molar refractivity (Wildman–Crippen MR) is 60.3 cm³/mol. The highest BCUT2D eigenvalue weighted by Crippen LogP contribution is 2.22. The molecule has 0 aliphatic heterocycles. The number of carbonyl (C=O) groups is 1. The van der Waals surface area contributed by atoms with Crippen molar-refractivity contribution in [3.63, 3.8) is 0 Å². The Morgan fingerprint density at radius 3 is 2.38 bits per heavy atom. The molecule has 0 aromatic heterocycles. The number of nitrogens with one attached hydrogen (secondary N) is 1. The van der Waals surface area contributed by atoms with Crippen LogP contribution >= 0.6 is 0 Å². The second kappa shape index (κ2) is 5.45. The third-order valence-corrected chi connectivity index (χ3v) is 3.14. The van der Waals surface area contributed by atoms with Crippen LogP contribution in [-0.2, 0) is 19.1 Å². The smallest absolute Gasteiger partial charge is 0.264 e. The minimum atomic E-state index is -3.37. The van der Waals surface area contributed by atoms with Crippen molar-refractivity contribution in [1.29, 1.82) is 0 Å². The highest BCUT2D eigenvalue weighted by molar-refractivity contribution is 7.86. The van der Waals surface area contributed by atoms with E-state index in [-0.39, 0.29) is 18.1 Å². The van der Waals surface area contributed by atoms with E-state index >= 15 is 0 Å². The van der Waals surface area contributed by atoms with Gasteiger partial charge in [-0.25, -0.2) is 0 Å². The summed E-state index contributed by atoms with van der Waals surface area (Å²) in [6.07, 6.45) is 4.81. The Morgan fingerprint density at radius 1 is 1.38 bits per heavy atom. The molecule has 0 radical (unpaired) electrons. The van der Waals surface area contributed by atoms with E-state index in [1.54, 1.807) is 0 Å². The Kier molecular flexibility index (Phi) is 4.49. The van der Waals surface area contributed by atoms with E-state index in [1.807, 2.05) is 0 Å². The van der Waals surface area contributed by atoms with Crippen LogP contribution in [0, 0.1) is 0 Å². The van der Waals surface area contributed by atoms with Gasteiger partial charge in [-0.3, -0.25) is 8.98 Å². The Hall–Kier alpha value is -0.880. The highest BCUT2D eigenvalue weighted by atomic mass is 32.2. The molecule has 16 heavy (non-hydrogen) atoms.